The van der Waals surface area contributed by atoms with Gasteiger partial charge >= 0.3 is 0 Å². The summed E-state index contributed by atoms with van der Waals surface area (Å²) < 4.78 is 0. The summed E-state index contributed by atoms with van der Waals surface area (Å²) >= 11 is 0. The molecule has 0 amide bonds. The molecule has 0 radical (unpaired) electrons. The maximum Gasteiger partial charge on any atom is 0.165 e. The predicted octanol–water partition coefficient (Wildman–Crippen LogP) is 5.39. The van der Waals surface area contributed by atoms with Crippen LogP contribution in [0.3, 0.4) is 0 Å². The number of pyridine rings is 1. The van der Waals surface area contributed by atoms with Crippen molar-refractivity contribution in [2.75, 3.05) is 0 Å². The number of hydrogen-bond acceptors (Lipinski definition) is 2. The van der Waals surface area contributed by atoms with E-state index < -0.39 is 0 Å². The molecule has 0 fully saturated rings. The lowest BCUT2D eigenvalue weighted by Gasteiger charge is -2.28. The molecule has 2 aliphatic carbocycles. The molecular weight excluding hydrogens is 344 g/mol. The van der Waals surface area contributed by atoms with Gasteiger partial charge in [-0.3, -0.25) is 9.78 Å². The van der Waals surface area contributed by atoms with Gasteiger partial charge in [-0.25, -0.2) is 0 Å². The van der Waals surface area contributed by atoms with E-state index in [2.05, 4.69) is 54.2 Å². The molecule has 3 aromatic rings. The van der Waals surface area contributed by atoms with Gasteiger partial charge in [0.05, 0.1) is 5.69 Å². The summed E-state index contributed by atoms with van der Waals surface area (Å²) in [6, 6.07) is 10.7. The van der Waals surface area contributed by atoms with E-state index in [0.29, 0.717) is 6.42 Å². The number of rotatable bonds is 3. The minimum atomic E-state index is 0.000952. The number of hydrogen-bond donors (Lipinski definition) is 1. The molecule has 1 N–H and O–H groups in total. The number of aromatic nitrogens is 2. The smallest absolute Gasteiger partial charge is 0.165 e. The fourth-order valence-electron chi connectivity index (χ4n) is 4.70. The molecule has 3 nitrogen and oxygen atoms in total. The van der Waals surface area contributed by atoms with E-state index in [0.717, 1.165) is 47.3 Å². The fraction of sp³-hybridized carbons (Fsp3) is 0.280. The van der Waals surface area contributed by atoms with Gasteiger partial charge in [-0.15, -0.1) is 0 Å². The summed E-state index contributed by atoms with van der Waals surface area (Å²) in [7, 11) is 0. The van der Waals surface area contributed by atoms with Gasteiger partial charge in [0.1, 0.15) is 0 Å². The highest BCUT2D eigenvalue weighted by atomic mass is 16.1. The van der Waals surface area contributed by atoms with E-state index in [1.807, 2.05) is 24.5 Å². The number of aromatic amines is 1. The van der Waals surface area contributed by atoms with E-state index >= 15 is 0 Å². The summed E-state index contributed by atoms with van der Waals surface area (Å²) in [5.74, 6) is 0.264. The monoisotopic (exact) mass is 368 g/mol. The number of Topliss-reactive ketones (excluding diaryl/α,β-unsaturated/α-hetero) is 1. The van der Waals surface area contributed by atoms with Crippen molar-refractivity contribution in [3.8, 4) is 11.3 Å². The van der Waals surface area contributed by atoms with Crippen molar-refractivity contribution in [1.29, 1.82) is 0 Å². The van der Waals surface area contributed by atoms with Crippen LogP contribution in [0.5, 0.6) is 0 Å². The summed E-state index contributed by atoms with van der Waals surface area (Å²) in [5.41, 5.74) is 9.25. The maximum absolute atomic E-state index is 13.1. The number of carbonyl (C=O) groups excluding carboxylic acids is 1. The molecule has 0 saturated heterocycles. The number of nitrogens with zero attached hydrogens (tertiary/aromatic N) is 1. The Hall–Kier alpha value is -2.94. The first-order chi connectivity index (χ1) is 13.5. The van der Waals surface area contributed by atoms with E-state index in [9.17, 15) is 4.79 Å². The molecule has 28 heavy (non-hydrogen) atoms. The minimum absolute atomic E-state index is 0.000952. The third-order valence-corrected chi connectivity index (χ3v) is 5.95. The van der Waals surface area contributed by atoms with Gasteiger partial charge in [0.25, 0.3) is 0 Å². The van der Waals surface area contributed by atoms with Gasteiger partial charge in [-0.1, -0.05) is 44.2 Å². The highest BCUT2D eigenvalue weighted by Crippen LogP contribution is 2.40. The van der Waals surface area contributed by atoms with E-state index in [-0.39, 0.29) is 11.2 Å². The standard InChI is InChI=1S/C25H24N2O/c1-25(2)14-21-23(22(28)15-25)20(24(27-21)18-8-10-26-11-9-18)13-16-6-7-17-4-3-5-19(17)12-16/h3-4,6-12,27H,5,13-15H2,1-2H3. The number of carbonyl (C=O) groups is 1. The van der Waals surface area contributed by atoms with Crippen LogP contribution in [0, 0.1) is 5.41 Å². The average Bonchev–Trinajstić information content (AvgIpc) is 3.26. The van der Waals surface area contributed by atoms with Crippen LogP contribution in [0.4, 0.5) is 0 Å². The van der Waals surface area contributed by atoms with Crippen LogP contribution in [0.2, 0.25) is 0 Å². The van der Waals surface area contributed by atoms with Crippen molar-refractivity contribution in [2.24, 2.45) is 5.41 Å². The molecule has 0 atom stereocenters. The number of H-pyrrole nitrogens is 1. The van der Waals surface area contributed by atoms with Gasteiger partial charge in [0, 0.05) is 42.1 Å². The normalized spacial score (nSPS) is 16.9. The number of ketones is 1. The Morgan fingerprint density at radius 2 is 1.93 bits per heavy atom. The molecule has 2 aromatic heterocycles. The average molecular weight is 368 g/mol. The highest BCUT2D eigenvalue weighted by molar-refractivity contribution is 6.02. The van der Waals surface area contributed by atoms with Crippen molar-refractivity contribution in [2.45, 2.75) is 39.5 Å². The van der Waals surface area contributed by atoms with Crippen molar-refractivity contribution < 1.29 is 4.79 Å². The van der Waals surface area contributed by atoms with Crippen LogP contribution in [-0.2, 0) is 19.3 Å². The lowest BCUT2D eigenvalue weighted by atomic mass is 9.75. The topological polar surface area (TPSA) is 45.8 Å². The Morgan fingerprint density at radius 1 is 1.11 bits per heavy atom. The zero-order valence-corrected chi connectivity index (χ0v) is 16.4. The summed E-state index contributed by atoms with van der Waals surface area (Å²) in [5, 5.41) is 0. The first-order valence-electron chi connectivity index (χ1n) is 9.96. The number of benzene rings is 1. The molecule has 2 heterocycles. The summed E-state index contributed by atoms with van der Waals surface area (Å²) in [6.45, 7) is 4.35. The van der Waals surface area contributed by atoms with Crippen molar-refractivity contribution >= 4 is 11.9 Å². The van der Waals surface area contributed by atoms with Crippen LogP contribution in [0.15, 0.2) is 48.8 Å². The molecule has 3 heteroatoms. The largest absolute Gasteiger partial charge is 0.358 e. The summed E-state index contributed by atoms with van der Waals surface area (Å²) in [4.78, 5) is 20.9. The second-order valence-corrected chi connectivity index (χ2v) is 8.83. The molecule has 0 unspecified atom stereocenters. The zero-order chi connectivity index (χ0) is 19.3. The van der Waals surface area contributed by atoms with Crippen LogP contribution >= 0.6 is 0 Å². The van der Waals surface area contributed by atoms with Crippen LogP contribution < -0.4 is 0 Å². The lowest BCUT2D eigenvalue weighted by molar-refractivity contribution is 0.0911. The van der Waals surface area contributed by atoms with Crippen molar-refractivity contribution in [3.05, 3.63) is 82.3 Å². The highest BCUT2D eigenvalue weighted by Gasteiger charge is 2.35. The van der Waals surface area contributed by atoms with E-state index in [1.54, 1.807) is 0 Å². The van der Waals surface area contributed by atoms with Gasteiger partial charge in [0.2, 0.25) is 0 Å². The van der Waals surface area contributed by atoms with E-state index in [4.69, 9.17) is 0 Å². The van der Waals surface area contributed by atoms with Crippen LogP contribution in [-0.4, -0.2) is 15.8 Å². The van der Waals surface area contributed by atoms with Gasteiger partial charge in [-0.05, 0) is 52.6 Å². The molecule has 5 rings (SSSR count). The molecule has 2 aliphatic rings. The molecule has 0 bridgehead atoms. The Kier molecular flexibility index (Phi) is 3.87. The molecule has 1 aromatic carbocycles. The second kappa shape index (κ2) is 6.30. The quantitative estimate of drug-likeness (QED) is 0.673. The van der Waals surface area contributed by atoms with Crippen molar-refractivity contribution in [1.82, 2.24) is 9.97 Å². The number of fused-ring (bicyclic) bond motifs is 2. The van der Waals surface area contributed by atoms with Gasteiger partial charge in [0.15, 0.2) is 5.78 Å². The minimum Gasteiger partial charge on any atom is -0.358 e. The lowest BCUT2D eigenvalue weighted by Crippen LogP contribution is -2.27. The molecule has 140 valence electrons. The first kappa shape index (κ1) is 17.2. The number of allylic oxidation sites excluding steroid dienone is 1. The van der Waals surface area contributed by atoms with Crippen molar-refractivity contribution in [3.63, 3.8) is 0 Å². The molecule has 0 spiro atoms. The first-order valence-corrected chi connectivity index (χ1v) is 9.96. The third kappa shape index (κ3) is 2.91. The van der Waals surface area contributed by atoms with Crippen LogP contribution in [0.25, 0.3) is 17.3 Å². The molecule has 0 saturated carbocycles. The molecule has 0 aliphatic heterocycles. The zero-order valence-electron chi connectivity index (χ0n) is 16.4. The number of nitrogens with one attached hydrogen (secondary N) is 1. The Balaban J connectivity index is 1.63. The second-order valence-electron chi connectivity index (χ2n) is 8.83. The fourth-order valence-corrected chi connectivity index (χ4v) is 4.70. The Morgan fingerprint density at radius 3 is 2.75 bits per heavy atom. The predicted molar refractivity (Wildman–Crippen MR) is 112 cm³/mol. The summed E-state index contributed by atoms with van der Waals surface area (Å²) in [6.07, 6.45) is 11.3. The maximum atomic E-state index is 13.1. The third-order valence-electron chi connectivity index (χ3n) is 5.95. The SMILES string of the molecule is CC1(C)CC(=O)c2c([nH]c(-c3ccncc3)c2Cc2ccc3c(c2)CC=C3)C1. The Bertz CT molecular complexity index is 1100. The molecular formula is C25H24N2O. The van der Waals surface area contributed by atoms with E-state index in [1.165, 1.54) is 16.7 Å². The van der Waals surface area contributed by atoms with Gasteiger partial charge < -0.3 is 4.98 Å². The van der Waals surface area contributed by atoms with Crippen LogP contribution in [0.1, 0.15) is 58.6 Å². The Labute approximate surface area is 165 Å². The van der Waals surface area contributed by atoms with Gasteiger partial charge in [-0.2, -0.15) is 0 Å².